The maximum atomic E-state index is 12.8. The molecule has 0 spiro atoms. The van der Waals surface area contributed by atoms with E-state index >= 15 is 0 Å². The summed E-state index contributed by atoms with van der Waals surface area (Å²) in [5.41, 5.74) is 0.651. The lowest BCUT2D eigenvalue weighted by atomic mass is 10.1. The number of barbiturate groups is 1. The Balaban J connectivity index is 1.95. The number of halogens is 1. The van der Waals surface area contributed by atoms with Crippen molar-refractivity contribution < 1.29 is 23.9 Å². The molecule has 1 saturated heterocycles. The molecular weight excluding hydrogens is 384 g/mol. The van der Waals surface area contributed by atoms with E-state index in [1.54, 1.807) is 42.5 Å². The van der Waals surface area contributed by atoms with Crippen LogP contribution in [0.25, 0.3) is 6.08 Å². The first-order valence-electron chi connectivity index (χ1n) is 8.42. The van der Waals surface area contributed by atoms with Gasteiger partial charge in [-0.2, -0.15) is 0 Å². The lowest BCUT2D eigenvalue weighted by Gasteiger charge is -2.26. The van der Waals surface area contributed by atoms with Crippen LogP contribution >= 0.6 is 11.6 Å². The molecule has 2 aromatic rings. The predicted molar refractivity (Wildman–Crippen MR) is 105 cm³/mol. The highest BCUT2D eigenvalue weighted by molar-refractivity contribution is 6.39. The average molecular weight is 401 g/mol. The van der Waals surface area contributed by atoms with Crippen LogP contribution in [-0.4, -0.2) is 31.6 Å². The zero-order valence-electron chi connectivity index (χ0n) is 15.2. The Bertz CT molecular complexity index is 969. The summed E-state index contributed by atoms with van der Waals surface area (Å²) >= 11 is 6.16. The van der Waals surface area contributed by atoms with Crippen molar-refractivity contribution in [3.8, 4) is 11.5 Å². The number of ether oxygens (including phenoxy) is 2. The van der Waals surface area contributed by atoms with Crippen LogP contribution in [-0.2, 0) is 9.59 Å². The van der Waals surface area contributed by atoms with E-state index < -0.39 is 17.8 Å². The Morgan fingerprint density at radius 2 is 1.82 bits per heavy atom. The van der Waals surface area contributed by atoms with Crippen molar-refractivity contribution in [2.75, 3.05) is 18.6 Å². The van der Waals surface area contributed by atoms with Crippen LogP contribution in [0.15, 0.2) is 48.0 Å². The highest BCUT2D eigenvalue weighted by atomic mass is 35.5. The monoisotopic (exact) mass is 400 g/mol. The van der Waals surface area contributed by atoms with Crippen LogP contribution in [0.5, 0.6) is 11.5 Å². The van der Waals surface area contributed by atoms with E-state index in [1.165, 1.54) is 13.2 Å². The molecule has 1 aliphatic heterocycles. The molecule has 0 saturated carbocycles. The molecule has 144 valence electrons. The highest BCUT2D eigenvalue weighted by Crippen LogP contribution is 2.28. The van der Waals surface area contributed by atoms with Gasteiger partial charge in [0.25, 0.3) is 11.8 Å². The van der Waals surface area contributed by atoms with E-state index in [4.69, 9.17) is 21.1 Å². The number of imide groups is 2. The van der Waals surface area contributed by atoms with Crippen LogP contribution in [0, 0.1) is 0 Å². The lowest BCUT2D eigenvalue weighted by molar-refractivity contribution is -0.122. The molecule has 0 aromatic heterocycles. The van der Waals surface area contributed by atoms with E-state index in [0.29, 0.717) is 34.4 Å². The zero-order chi connectivity index (χ0) is 20.3. The summed E-state index contributed by atoms with van der Waals surface area (Å²) in [4.78, 5) is 38.2. The molecule has 7 nitrogen and oxygen atoms in total. The van der Waals surface area contributed by atoms with E-state index in [2.05, 4.69) is 5.32 Å². The minimum absolute atomic E-state index is 0.185. The summed E-state index contributed by atoms with van der Waals surface area (Å²) in [5, 5.41) is 2.52. The summed E-state index contributed by atoms with van der Waals surface area (Å²) in [6, 6.07) is 10.4. The van der Waals surface area contributed by atoms with Crippen molar-refractivity contribution in [1.82, 2.24) is 5.32 Å². The van der Waals surface area contributed by atoms with Gasteiger partial charge in [0.2, 0.25) is 0 Å². The molecule has 0 radical (unpaired) electrons. The number of hydrogen-bond donors (Lipinski definition) is 1. The minimum atomic E-state index is -0.818. The van der Waals surface area contributed by atoms with Crippen molar-refractivity contribution in [1.29, 1.82) is 0 Å². The Labute approximate surface area is 166 Å². The van der Waals surface area contributed by atoms with E-state index in [-0.39, 0.29) is 5.57 Å². The second kappa shape index (κ2) is 8.14. The number of methoxy groups -OCH3 is 1. The third-order valence-electron chi connectivity index (χ3n) is 4.00. The molecule has 0 unspecified atom stereocenters. The number of benzene rings is 2. The number of urea groups is 1. The zero-order valence-corrected chi connectivity index (χ0v) is 15.9. The third-order valence-corrected chi connectivity index (χ3v) is 4.29. The first kappa shape index (κ1) is 19.4. The van der Waals surface area contributed by atoms with Crippen molar-refractivity contribution in [2.24, 2.45) is 0 Å². The second-order valence-electron chi connectivity index (χ2n) is 5.78. The summed E-state index contributed by atoms with van der Waals surface area (Å²) in [7, 11) is 1.51. The molecule has 1 heterocycles. The van der Waals surface area contributed by atoms with Gasteiger partial charge >= 0.3 is 6.03 Å². The van der Waals surface area contributed by atoms with Crippen LogP contribution in [0.2, 0.25) is 5.02 Å². The molecular formula is C20H17ClN2O5. The topological polar surface area (TPSA) is 84.9 Å². The molecule has 1 fully saturated rings. The number of rotatable bonds is 5. The molecule has 1 N–H and O–H groups in total. The van der Waals surface area contributed by atoms with Crippen molar-refractivity contribution >= 4 is 41.2 Å². The molecule has 3 rings (SSSR count). The van der Waals surface area contributed by atoms with Gasteiger partial charge in [0.1, 0.15) is 17.1 Å². The highest BCUT2D eigenvalue weighted by Gasteiger charge is 2.36. The maximum absolute atomic E-state index is 12.8. The van der Waals surface area contributed by atoms with Crippen molar-refractivity contribution in [3.63, 3.8) is 0 Å². The number of nitrogens with zero attached hydrogens (tertiary/aromatic N) is 1. The molecule has 28 heavy (non-hydrogen) atoms. The number of carbonyl (C=O) groups is 3. The van der Waals surface area contributed by atoms with Gasteiger partial charge in [-0.15, -0.1) is 0 Å². The summed E-state index contributed by atoms with van der Waals surface area (Å²) in [5.74, 6) is -0.432. The van der Waals surface area contributed by atoms with E-state index in [9.17, 15) is 14.4 Å². The third kappa shape index (κ3) is 3.84. The number of hydrogen-bond acceptors (Lipinski definition) is 5. The van der Waals surface area contributed by atoms with Crippen molar-refractivity contribution in [3.05, 3.63) is 58.6 Å². The Hall–Kier alpha value is -3.32. The smallest absolute Gasteiger partial charge is 0.335 e. The van der Waals surface area contributed by atoms with Gasteiger partial charge in [0.05, 0.1) is 24.4 Å². The fraction of sp³-hybridized carbons (Fsp3) is 0.150. The van der Waals surface area contributed by atoms with E-state index in [1.807, 2.05) is 6.92 Å². The van der Waals surface area contributed by atoms with E-state index in [0.717, 1.165) is 4.90 Å². The van der Waals surface area contributed by atoms with Gasteiger partial charge in [0, 0.05) is 0 Å². The van der Waals surface area contributed by atoms with Crippen LogP contribution in [0.1, 0.15) is 12.5 Å². The number of nitrogens with one attached hydrogen (secondary N) is 1. The van der Waals surface area contributed by atoms with Crippen LogP contribution in [0.3, 0.4) is 0 Å². The number of amides is 4. The quantitative estimate of drug-likeness (QED) is 0.614. The SMILES string of the molecule is CCOc1ccc(/C=C2\C(=O)NC(=O)N(c3ccc(OC)cc3)C2=O)cc1Cl. The molecule has 4 amide bonds. The number of anilines is 1. The minimum Gasteiger partial charge on any atom is -0.497 e. The van der Waals surface area contributed by atoms with Crippen molar-refractivity contribution in [2.45, 2.75) is 6.92 Å². The number of carbonyl (C=O) groups excluding carboxylic acids is 3. The first-order chi connectivity index (χ1) is 13.4. The summed E-state index contributed by atoms with van der Waals surface area (Å²) in [6.07, 6.45) is 1.38. The van der Waals surface area contributed by atoms with Gasteiger partial charge in [-0.1, -0.05) is 17.7 Å². The summed E-state index contributed by atoms with van der Waals surface area (Å²) < 4.78 is 10.4. The van der Waals surface area contributed by atoms with Gasteiger partial charge in [-0.05, 0) is 55.0 Å². The predicted octanol–water partition coefficient (Wildman–Crippen LogP) is 3.41. The first-order valence-corrected chi connectivity index (χ1v) is 8.80. The molecule has 2 aromatic carbocycles. The fourth-order valence-corrected chi connectivity index (χ4v) is 2.91. The second-order valence-corrected chi connectivity index (χ2v) is 6.19. The lowest BCUT2D eigenvalue weighted by Crippen LogP contribution is -2.54. The molecule has 0 atom stereocenters. The Morgan fingerprint density at radius 3 is 2.43 bits per heavy atom. The van der Waals surface area contributed by atoms with Crippen LogP contribution < -0.4 is 19.7 Å². The molecule has 8 heteroatoms. The standard InChI is InChI=1S/C20H17ClN2O5/c1-3-28-17-9-4-12(11-16(17)21)10-15-18(24)22-20(26)23(19(15)25)13-5-7-14(27-2)8-6-13/h4-11H,3H2,1-2H3,(H,22,24,26)/b15-10+. The van der Waals surface area contributed by atoms with Crippen LogP contribution in [0.4, 0.5) is 10.5 Å². The van der Waals surface area contributed by atoms with Gasteiger partial charge in [0.15, 0.2) is 0 Å². The molecule has 1 aliphatic rings. The summed E-state index contributed by atoms with van der Waals surface area (Å²) in [6.45, 7) is 2.29. The Kier molecular flexibility index (Phi) is 5.65. The molecule has 0 bridgehead atoms. The molecule has 0 aliphatic carbocycles. The van der Waals surface area contributed by atoms with Gasteiger partial charge in [-0.3, -0.25) is 14.9 Å². The fourth-order valence-electron chi connectivity index (χ4n) is 2.67. The van der Waals surface area contributed by atoms with Gasteiger partial charge < -0.3 is 9.47 Å². The van der Waals surface area contributed by atoms with Gasteiger partial charge in [-0.25, -0.2) is 9.69 Å². The largest absolute Gasteiger partial charge is 0.497 e. The normalized spacial score (nSPS) is 15.6. The average Bonchev–Trinajstić information content (AvgIpc) is 2.67. The maximum Gasteiger partial charge on any atom is 0.335 e. The Morgan fingerprint density at radius 1 is 1.11 bits per heavy atom.